The SMILES string of the molecule is Clc1ccc(-c2csc(SSc3nc(-c4ccc(Cl)cc4)cs3)n2)cc1.Clc1ccc(-c2csc(SSc3nc(-c4ccc(Cl)cc4)cs3)n2)cc1.Clc1ccc(-c2csc(SSc3nc(-c4ccc(Cl)cc4)cs3)n2)cc1.Clc1ccc(-c2csc(SSc3nc(-c4ccc(Cl)cc4)cs3)n2)cc1. The van der Waals surface area contributed by atoms with Crippen LogP contribution in [0.25, 0.3) is 90.1 Å². The number of halogens is 8. The number of rotatable bonds is 20. The molecule has 8 nitrogen and oxygen atoms in total. The fourth-order valence-corrected chi connectivity index (χ4v) is 26.1. The van der Waals surface area contributed by atoms with E-state index in [9.17, 15) is 0 Å². The van der Waals surface area contributed by atoms with Crippen LogP contribution in [-0.2, 0) is 0 Å². The van der Waals surface area contributed by atoms with Crippen molar-refractivity contribution in [3.8, 4) is 90.1 Å². The van der Waals surface area contributed by atoms with Crippen molar-refractivity contribution in [1.82, 2.24) is 39.9 Å². The summed E-state index contributed by atoms with van der Waals surface area (Å²) >= 11 is 60.6. The van der Waals surface area contributed by atoms with Crippen molar-refractivity contribution in [2.45, 2.75) is 34.7 Å². The maximum absolute atomic E-state index is 5.94. The van der Waals surface area contributed by atoms with Crippen LogP contribution >= 0.6 is 270 Å². The van der Waals surface area contributed by atoms with E-state index < -0.39 is 0 Å². The molecule has 8 aromatic carbocycles. The van der Waals surface area contributed by atoms with E-state index in [1.807, 2.05) is 194 Å². The largest absolute Gasteiger partial charge is 0.229 e. The molecule has 0 aliphatic heterocycles. The first-order valence-electron chi connectivity index (χ1n) is 29.8. The van der Waals surface area contributed by atoms with Crippen molar-refractivity contribution in [2.24, 2.45) is 0 Å². The third kappa shape index (κ3) is 23.0. The van der Waals surface area contributed by atoms with E-state index in [4.69, 9.17) is 92.8 Å². The van der Waals surface area contributed by atoms with Crippen LogP contribution in [0.4, 0.5) is 0 Å². The Bertz CT molecular complexity index is 4380. The molecule has 0 radical (unpaired) electrons. The molecule has 0 aliphatic rings. The molecule has 0 amide bonds. The topological polar surface area (TPSA) is 103 Å². The normalized spacial score (nSPS) is 11.0. The zero-order valence-corrected chi connectivity index (χ0v) is 71.3. The smallest absolute Gasteiger partial charge is 0.161 e. The highest BCUT2D eigenvalue weighted by atomic mass is 35.5. The number of aromatic nitrogens is 8. The van der Waals surface area contributed by atoms with Crippen molar-refractivity contribution in [1.29, 1.82) is 0 Å². The fraction of sp³-hybridized carbons (Fsp3) is 0. The Morgan fingerprint density at radius 1 is 0.154 bits per heavy atom. The highest BCUT2D eigenvalue weighted by Crippen LogP contribution is 2.47. The number of benzene rings is 8. The molecule has 8 heterocycles. The average molecular weight is 1810 g/mol. The highest BCUT2D eigenvalue weighted by Gasteiger charge is 2.16. The van der Waals surface area contributed by atoms with Gasteiger partial charge in [-0.15, -0.1) is 90.7 Å². The van der Waals surface area contributed by atoms with Crippen LogP contribution in [-0.4, -0.2) is 39.9 Å². The lowest BCUT2D eigenvalue weighted by atomic mass is 10.2. The Morgan fingerprint density at radius 2 is 0.250 bits per heavy atom. The van der Waals surface area contributed by atoms with Crippen molar-refractivity contribution < 1.29 is 0 Å². The quantitative estimate of drug-likeness (QED) is 0.0676. The molecule has 0 spiro atoms. The van der Waals surface area contributed by atoms with Crippen LogP contribution in [0.5, 0.6) is 0 Å². The predicted molar refractivity (Wildman–Crippen MR) is 467 cm³/mol. The van der Waals surface area contributed by atoms with E-state index in [1.165, 1.54) is 0 Å². The standard InChI is InChI=1S/4C18H10Cl2N2S4/c4*19-13-5-1-11(2-6-13)15-9-23-17(21-15)25-26-18-22-16(10-24-18)12-3-7-14(20)8-4-12/h4*1-10H. The maximum atomic E-state index is 5.94. The number of hydrogen-bond acceptors (Lipinski definition) is 24. The van der Waals surface area contributed by atoms with Gasteiger partial charge in [0.25, 0.3) is 0 Å². The van der Waals surface area contributed by atoms with Gasteiger partial charge in [0.15, 0.2) is 34.7 Å². The van der Waals surface area contributed by atoms with Crippen LogP contribution in [0.2, 0.25) is 40.2 Å². The van der Waals surface area contributed by atoms with Gasteiger partial charge in [-0.25, -0.2) is 39.9 Å². The molecule has 520 valence electrons. The average Bonchev–Trinajstić information content (AvgIpc) is 1.73. The molecule has 0 saturated carbocycles. The monoisotopic (exact) mass is 1810 g/mol. The number of hydrogen-bond donors (Lipinski definition) is 0. The molecule has 0 bridgehead atoms. The lowest BCUT2D eigenvalue weighted by Gasteiger charge is -1.97. The van der Waals surface area contributed by atoms with E-state index in [0.717, 1.165) is 165 Å². The van der Waals surface area contributed by atoms with Crippen LogP contribution in [0.1, 0.15) is 0 Å². The maximum Gasteiger partial charge on any atom is 0.161 e. The fourth-order valence-electron chi connectivity index (χ4n) is 8.68. The zero-order chi connectivity index (χ0) is 71.7. The van der Waals surface area contributed by atoms with Gasteiger partial charge < -0.3 is 0 Å². The Hall–Kier alpha value is -4.08. The molecular formula is C72H40Cl8N8S16. The summed E-state index contributed by atoms with van der Waals surface area (Å²) in [5, 5.41) is 22.3. The minimum Gasteiger partial charge on any atom is -0.229 e. The minimum absolute atomic E-state index is 0.731. The first kappa shape index (κ1) is 78.1. The van der Waals surface area contributed by atoms with E-state index in [-0.39, 0.29) is 0 Å². The second-order valence-electron chi connectivity index (χ2n) is 20.7. The van der Waals surface area contributed by atoms with Gasteiger partial charge in [0, 0.05) is 128 Å². The lowest BCUT2D eigenvalue weighted by molar-refractivity contribution is 1.25. The summed E-state index contributed by atoms with van der Waals surface area (Å²) in [5.74, 6) is 0. The Labute approximate surface area is 702 Å². The lowest BCUT2D eigenvalue weighted by Crippen LogP contribution is -1.77. The third-order valence-corrected chi connectivity index (χ3v) is 34.6. The van der Waals surface area contributed by atoms with Crippen molar-refractivity contribution in [3.05, 3.63) is 277 Å². The summed E-state index contributed by atoms with van der Waals surface area (Å²) in [6, 6.07) is 61.8. The van der Waals surface area contributed by atoms with E-state index in [1.54, 1.807) is 177 Å². The van der Waals surface area contributed by atoms with Gasteiger partial charge in [-0.2, -0.15) is 0 Å². The molecule has 0 unspecified atom stereocenters. The van der Waals surface area contributed by atoms with E-state index in [2.05, 4.69) is 82.9 Å². The van der Waals surface area contributed by atoms with Crippen molar-refractivity contribution in [2.75, 3.05) is 0 Å². The van der Waals surface area contributed by atoms with Crippen LogP contribution in [0.3, 0.4) is 0 Å². The van der Waals surface area contributed by atoms with Gasteiger partial charge >= 0.3 is 0 Å². The molecule has 32 heteroatoms. The molecule has 8 aromatic heterocycles. The Kier molecular flexibility index (Phi) is 29.3. The molecule has 16 rings (SSSR count). The van der Waals surface area contributed by atoms with Gasteiger partial charge in [-0.3, -0.25) is 0 Å². The first-order chi connectivity index (χ1) is 50.7. The summed E-state index contributed by atoms with van der Waals surface area (Å²) in [7, 11) is 13.0. The zero-order valence-electron chi connectivity index (χ0n) is 52.2. The van der Waals surface area contributed by atoms with Gasteiger partial charge in [-0.05, 0) is 183 Å². The van der Waals surface area contributed by atoms with Gasteiger partial charge in [-0.1, -0.05) is 190 Å². The molecule has 0 aliphatic carbocycles. The van der Waals surface area contributed by atoms with Gasteiger partial charge in [0.05, 0.1) is 45.6 Å². The summed E-state index contributed by atoms with van der Waals surface area (Å²) in [5.41, 5.74) is 16.3. The number of nitrogens with zero attached hydrogens (tertiary/aromatic N) is 8. The molecule has 16 aromatic rings. The molecule has 0 N–H and O–H groups in total. The summed E-state index contributed by atoms with van der Waals surface area (Å²) < 4.78 is 8.02. The van der Waals surface area contributed by atoms with Crippen molar-refractivity contribution in [3.63, 3.8) is 0 Å². The van der Waals surface area contributed by atoms with Gasteiger partial charge in [0.1, 0.15) is 0 Å². The highest BCUT2D eigenvalue weighted by molar-refractivity contribution is 8.78. The summed E-state index contributed by atoms with van der Waals surface area (Å²) in [6.07, 6.45) is 0. The second kappa shape index (κ2) is 39.0. The second-order valence-corrected chi connectivity index (χ2v) is 41.6. The van der Waals surface area contributed by atoms with E-state index >= 15 is 0 Å². The van der Waals surface area contributed by atoms with E-state index in [0.29, 0.717) is 0 Å². The van der Waals surface area contributed by atoms with Crippen molar-refractivity contribution >= 4 is 270 Å². The molecule has 0 atom stereocenters. The molecule has 0 saturated heterocycles. The molecule has 104 heavy (non-hydrogen) atoms. The number of thiazole rings is 8. The molecular weight excluding hydrogens is 1770 g/mol. The van der Waals surface area contributed by atoms with Crippen LogP contribution in [0, 0.1) is 0 Å². The summed E-state index contributed by atoms with van der Waals surface area (Å²) in [4.78, 5) is 37.4. The summed E-state index contributed by atoms with van der Waals surface area (Å²) in [6.45, 7) is 0. The van der Waals surface area contributed by atoms with Crippen LogP contribution < -0.4 is 0 Å². The third-order valence-electron chi connectivity index (χ3n) is 13.7. The first-order valence-corrected chi connectivity index (χ1v) is 48.4. The predicted octanol–water partition coefficient (Wildman–Crippen LogP) is 32.2. The van der Waals surface area contributed by atoms with Gasteiger partial charge in [0.2, 0.25) is 0 Å². The Morgan fingerprint density at radius 3 is 0.346 bits per heavy atom. The minimum atomic E-state index is 0.731. The Balaban J connectivity index is 0.000000123. The molecule has 0 fully saturated rings. The van der Waals surface area contributed by atoms with Crippen LogP contribution in [0.15, 0.2) is 272 Å².